The van der Waals surface area contributed by atoms with E-state index in [0.29, 0.717) is 11.3 Å². The number of nitrogens with zero attached hydrogens (tertiary/aromatic N) is 1. The lowest BCUT2D eigenvalue weighted by atomic mass is 10.0. The Bertz CT molecular complexity index is 706. The first kappa shape index (κ1) is 21.6. The molecule has 3 amide bonds. The number of methoxy groups -OCH3 is 1. The van der Waals surface area contributed by atoms with Crippen molar-refractivity contribution in [3.05, 3.63) is 29.8 Å². The molecular formula is C19H27N3O6. The maximum Gasteiger partial charge on any atom is 0.242 e. The van der Waals surface area contributed by atoms with Crippen LogP contribution < -0.4 is 15.4 Å². The van der Waals surface area contributed by atoms with Gasteiger partial charge >= 0.3 is 0 Å². The van der Waals surface area contributed by atoms with Crippen molar-refractivity contribution < 1.29 is 29.3 Å². The van der Waals surface area contributed by atoms with Gasteiger partial charge in [0.15, 0.2) is 0 Å². The number of ether oxygens (including phenoxy) is 1. The lowest BCUT2D eigenvalue weighted by Gasteiger charge is -2.26. The molecule has 0 spiro atoms. The third-order valence-corrected chi connectivity index (χ3v) is 4.60. The molecule has 1 unspecified atom stereocenters. The van der Waals surface area contributed by atoms with Crippen molar-refractivity contribution in [1.29, 1.82) is 0 Å². The van der Waals surface area contributed by atoms with Crippen LogP contribution in [0.4, 0.5) is 0 Å². The van der Waals surface area contributed by atoms with Gasteiger partial charge < -0.3 is 30.5 Å². The molecular weight excluding hydrogens is 366 g/mol. The molecule has 1 aromatic carbocycles. The van der Waals surface area contributed by atoms with Crippen LogP contribution in [0.5, 0.6) is 5.75 Å². The third-order valence-electron chi connectivity index (χ3n) is 4.60. The summed E-state index contributed by atoms with van der Waals surface area (Å²) in [5.74, 6) is -0.812. The van der Waals surface area contributed by atoms with Gasteiger partial charge in [0.05, 0.1) is 38.9 Å². The van der Waals surface area contributed by atoms with Crippen LogP contribution in [0.25, 0.3) is 0 Å². The Labute approximate surface area is 163 Å². The molecule has 0 aromatic heterocycles. The van der Waals surface area contributed by atoms with Crippen LogP contribution in [0.2, 0.25) is 0 Å². The van der Waals surface area contributed by atoms with E-state index >= 15 is 0 Å². The first-order valence-electron chi connectivity index (χ1n) is 9.08. The minimum atomic E-state index is -1.14. The largest absolute Gasteiger partial charge is 0.497 e. The van der Waals surface area contributed by atoms with E-state index < -0.39 is 30.1 Å². The smallest absolute Gasteiger partial charge is 0.242 e. The average Bonchev–Trinajstić information content (AvgIpc) is 2.98. The van der Waals surface area contributed by atoms with Crippen LogP contribution in [-0.4, -0.2) is 71.8 Å². The predicted octanol–water partition coefficient (Wildman–Crippen LogP) is -0.811. The van der Waals surface area contributed by atoms with Crippen LogP contribution in [-0.2, 0) is 14.4 Å². The molecule has 1 fully saturated rings. The van der Waals surface area contributed by atoms with Crippen LogP contribution in [0.15, 0.2) is 24.3 Å². The van der Waals surface area contributed by atoms with E-state index in [-0.39, 0.29) is 31.5 Å². The summed E-state index contributed by atoms with van der Waals surface area (Å²) in [6.07, 6.45) is -2.23. The van der Waals surface area contributed by atoms with E-state index in [0.717, 1.165) is 0 Å². The van der Waals surface area contributed by atoms with Crippen molar-refractivity contribution in [2.24, 2.45) is 5.92 Å². The molecule has 0 radical (unpaired) electrons. The van der Waals surface area contributed by atoms with Crippen molar-refractivity contribution in [3.63, 3.8) is 0 Å². The maximum atomic E-state index is 12.6. The number of aliphatic hydroxyl groups is 2. The summed E-state index contributed by atoms with van der Waals surface area (Å²) in [6, 6.07) is 6.10. The second-order valence-electron chi connectivity index (χ2n) is 6.97. The number of β-amino-alcohol motifs (C(OH)–C–C–N with tert-alkyl or cyclic N) is 1. The quantitative estimate of drug-likeness (QED) is 0.480. The Hall–Kier alpha value is -2.65. The van der Waals surface area contributed by atoms with E-state index in [1.807, 2.05) is 0 Å². The molecule has 3 atom stereocenters. The Morgan fingerprint density at radius 2 is 1.79 bits per heavy atom. The molecule has 154 valence electrons. The maximum absolute atomic E-state index is 12.6. The number of likely N-dealkylation sites (tertiary alicyclic amines) is 1. The molecule has 0 bridgehead atoms. The standard InChI is InChI=1S/C19H27N3O6/c1-11(2)19(27)21-8-15(24)20-9-16(25)22-10-14(23)18(26)17(22)12-4-6-13(28-3)7-5-12/h4-7,11,14,17-18,23,26H,8-10H2,1-3H3,(H,20,24)(H,21,27)/t14-,17?,18+/m0/s1. The van der Waals surface area contributed by atoms with E-state index in [1.165, 1.54) is 12.0 Å². The zero-order valence-corrected chi connectivity index (χ0v) is 16.2. The minimum absolute atomic E-state index is 0.0450. The molecule has 4 N–H and O–H groups in total. The van der Waals surface area contributed by atoms with E-state index in [2.05, 4.69) is 10.6 Å². The molecule has 0 saturated carbocycles. The topological polar surface area (TPSA) is 128 Å². The molecule has 0 aliphatic carbocycles. The molecule has 9 nitrogen and oxygen atoms in total. The number of nitrogens with one attached hydrogen (secondary N) is 2. The highest BCUT2D eigenvalue weighted by molar-refractivity contribution is 5.88. The van der Waals surface area contributed by atoms with Crippen molar-refractivity contribution in [2.45, 2.75) is 32.1 Å². The van der Waals surface area contributed by atoms with Crippen LogP contribution >= 0.6 is 0 Å². The highest BCUT2D eigenvalue weighted by Gasteiger charge is 2.43. The molecule has 1 aliphatic heterocycles. The number of hydrogen-bond acceptors (Lipinski definition) is 6. The van der Waals surface area contributed by atoms with Gasteiger partial charge in [0.25, 0.3) is 0 Å². The fourth-order valence-corrected chi connectivity index (χ4v) is 2.96. The van der Waals surface area contributed by atoms with Crippen molar-refractivity contribution in [1.82, 2.24) is 15.5 Å². The number of benzene rings is 1. The minimum Gasteiger partial charge on any atom is -0.497 e. The molecule has 1 aliphatic rings. The highest BCUT2D eigenvalue weighted by Crippen LogP contribution is 2.33. The number of carbonyl (C=O) groups is 3. The fourth-order valence-electron chi connectivity index (χ4n) is 2.96. The fraction of sp³-hybridized carbons (Fsp3) is 0.526. The molecule has 28 heavy (non-hydrogen) atoms. The second kappa shape index (κ2) is 9.52. The lowest BCUT2D eigenvalue weighted by molar-refractivity contribution is -0.134. The van der Waals surface area contributed by atoms with Gasteiger partial charge in [-0.05, 0) is 17.7 Å². The van der Waals surface area contributed by atoms with Crippen molar-refractivity contribution in [2.75, 3.05) is 26.7 Å². The third kappa shape index (κ3) is 5.20. The lowest BCUT2D eigenvalue weighted by Crippen LogP contribution is -2.44. The van der Waals surface area contributed by atoms with Crippen LogP contribution in [0.3, 0.4) is 0 Å². The van der Waals surface area contributed by atoms with E-state index in [1.54, 1.807) is 38.1 Å². The molecule has 9 heteroatoms. The monoisotopic (exact) mass is 393 g/mol. The van der Waals surface area contributed by atoms with Gasteiger partial charge in [-0.3, -0.25) is 14.4 Å². The van der Waals surface area contributed by atoms with Gasteiger partial charge in [0.2, 0.25) is 17.7 Å². The van der Waals surface area contributed by atoms with Crippen LogP contribution in [0.1, 0.15) is 25.5 Å². The summed E-state index contributed by atoms with van der Waals surface area (Å²) >= 11 is 0. The Morgan fingerprint density at radius 3 is 2.36 bits per heavy atom. The van der Waals surface area contributed by atoms with Gasteiger partial charge in [0, 0.05) is 5.92 Å². The first-order valence-corrected chi connectivity index (χ1v) is 9.08. The zero-order chi connectivity index (χ0) is 20.8. The zero-order valence-electron chi connectivity index (χ0n) is 16.2. The summed E-state index contributed by atoms with van der Waals surface area (Å²) < 4.78 is 5.10. The summed E-state index contributed by atoms with van der Waals surface area (Å²) in [4.78, 5) is 37.2. The summed E-state index contributed by atoms with van der Waals surface area (Å²) in [7, 11) is 1.53. The van der Waals surface area contributed by atoms with Crippen molar-refractivity contribution >= 4 is 17.7 Å². The predicted molar refractivity (Wildman–Crippen MR) is 100 cm³/mol. The number of carbonyl (C=O) groups excluding carboxylic acids is 3. The number of rotatable bonds is 7. The van der Waals surface area contributed by atoms with Gasteiger partial charge in [-0.1, -0.05) is 26.0 Å². The summed E-state index contributed by atoms with van der Waals surface area (Å²) in [6.45, 7) is 2.84. The highest BCUT2D eigenvalue weighted by atomic mass is 16.5. The SMILES string of the molecule is COc1ccc(C2[C@H](O)[C@@H](O)CN2C(=O)CNC(=O)CNC(=O)C(C)C)cc1. The van der Waals surface area contributed by atoms with E-state index in [4.69, 9.17) is 4.74 Å². The molecule has 2 rings (SSSR count). The van der Waals surface area contributed by atoms with Gasteiger partial charge in [-0.15, -0.1) is 0 Å². The van der Waals surface area contributed by atoms with Crippen LogP contribution in [0, 0.1) is 5.92 Å². The Kier molecular flexibility index (Phi) is 7.36. The Morgan fingerprint density at radius 1 is 1.14 bits per heavy atom. The van der Waals surface area contributed by atoms with Gasteiger partial charge in [0.1, 0.15) is 11.9 Å². The number of aliphatic hydroxyl groups excluding tert-OH is 2. The number of amides is 3. The summed E-state index contributed by atoms with van der Waals surface area (Å²) in [5.41, 5.74) is 0.647. The van der Waals surface area contributed by atoms with Crippen molar-refractivity contribution in [3.8, 4) is 5.75 Å². The Balaban J connectivity index is 1.98. The molecule has 1 aromatic rings. The normalized spacial score (nSPS) is 21.5. The molecule has 1 saturated heterocycles. The number of hydrogen-bond donors (Lipinski definition) is 4. The second-order valence-corrected chi connectivity index (χ2v) is 6.97. The van der Waals surface area contributed by atoms with E-state index in [9.17, 15) is 24.6 Å². The first-order chi connectivity index (χ1) is 13.2. The average molecular weight is 393 g/mol. The van der Waals surface area contributed by atoms with Gasteiger partial charge in [-0.25, -0.2) is 0 Å². The summed E-state index contributed by atoms with van der Waals surface area (Å²) in [5, 5.41) is 25.3. The molecule has 1 heterocycles. The van der Waals surface area contributed by atoms with Gasteiger partial charge in [-0.2, -0.15) is 0 Å².